The van der Waals surface area contributed by atoms with E-state index in [1.165, 1.54) is 6.07 Å². The maximum atomic E-state index is 10.9. The van der Waals surface area contributed by atoms with Crippen LogP contribution in [-0.2, 0) is 0 Å². The van der Waals surface area contributed by atoms with E-state index >= 15 is 0 Å². The van der Waals surface area contributed by atoms with Gasteiger partial charge >= 0.3 is 5.69 Å². The lowest BCUT2D eigenvalue weighted by molar-refractivity contribution is 0.394. The summed E-state index contributed by atoms with van der Waals surface area (Å²) in [5.74, 6) is 0.124. The lowest BCUT2D eigenvalue weighted by Gasteiger charge is -1.84. The number of hydrogen-bond donors (Lipinski definition) is 1. The van der Waals surface area contributed by atoms with Gasteiger partial charge in [0.1, 0.15) is 0 Å². The van der Waals surface area contributed by atoms with Gasteiger partial charge < -0.3 is 4.52 Å². The first-order chi connectivity index (χ1) is 5.77. The molecule has 0 unspecified atom stereocenters. The van der Waals surface area contributed by atoms with Crippen molar-refractivity contribution in [2.24, 2.45) is 0 Å². The van der Waals surface area contributed by atoms with Crippen molar-refractivity contribution in [3.8, 4) is 5.88 Å². The smallest absolute Gasteiger partial charge is 0.335 e. The number of nitrogens with one attached hydrogen (secondary N) is 1. The number of aromatic amines is 1. The number of tetrazole rings is 1. The molecule has 2 aromatic rings. The summed E-state index contributed by atoms with van der Waals surface area (Å²) in [4.78, 5) is 10.9. The van der Waals surface area contributed by atoms with E-state index in [0.29, 0.717) is 0 Å². The van der Waals surface area contributed by atoms with E-state index in [9.17, 15) is 4.79 Å². The van der Waals surface area contributed by atoms with Crippen LogP contribution in [-0.4, -0.2) is 25.4 Å². The molecule has 1 N–H and O–H groups in total. The van der Waals surface area contributed by atoms with Crippen molar-refractivity contribution in [2.75, 3.05) is 0 Å². The van der Waals surface area contributed by atoms with Crippen LogP contribution in [0.2, 0.25) is 5.15 Å². The highest BCUT2D eigenvalue weighted by Gasteiger charge is 2.08. The van der Waals surface area contributed by atoms with Gasteiger partial charge in [-0.05, 0) is 10.4 Å². The quantitative estimate of drug-likeness (QED) is 0.656. The van der Waals surface area contributed by atoms with Crippen molar-refractivity contribution in [3.05, 3.63) is 21.7 Å². The fourth-order valence-corrected chi connectivity index (χ4v) is 0.815. The average molecular weight is 188 g/mol. The van der Waals surface area contributed by atoms with E-state index in [1.807, 2.05) is 0 Å². The Labute approximate surface area is 69.9 Å². The Morgan fingerprint density at radius 2 is 2.50 bits per heavy atom. The van der Waals surface area contributed by atoms with Crippen LogP contribution in [0.25, 0.3) is 5.88 Å². The van der Waals surface area contributed by atoms with Gasteiger partial charge in [-0.15, -0.1) is 4.68 Å². The normalized spacial score (nSPS) is 10.4. The Bertz CT molecular complexity index is 442. The molecule has 12 heavy (non-hydrogen) atoms. The summed E-state index contributed by atoms with van der Waals surface area (Å²) < 4.78 is 5.55. The molecular formula is C4H2ClN5O2. The highest BCUT2D eigenvalue weighted by molar-refractivity contribution is 6.29. The number of H-pyrrole nitrogens is 1. The monoisotopic (exact) mass is 187 g/mol. The largest absolute Gasteiger partial charge is 0.368 e. The maximum Gasteiger partial charge on any atom is 0.368 e. The SMILES string of the molecule is O=c1[nH]nnn1-c1cc(Cl)no1. The topological polar surface area (TPSA) is 89.6 Å². The van der Waals surface area contributed by atoms with Crippen LogP contribution in [0.5, 0.6) is 0 Å². The van der Waals surface area contributed by atoms with Gasteiger partial charge in [0.2, 0.25) is 0 Å². The molecular weight excluding hydrogens is 186 g/mol. The number of rotatable bonds is 1. The van der Waals surface area contributed by atoms with E-state index in [1.54, 1.807) is 0 Å². The standard InChI is InChI=1S/C4H2ClN5O2/c5-2-1-3(12-7-2)10-4(11)6-8-9-10/h1H,(H,6,9,11). The van der Waals surface area contributed by atoms with Crippen molar-refractivity contribution in [2.45, 2.75) is 0 Å². The average Bonchev–Trinajstić information content (AvgIpc) is 2.58. The molecule has 0 aliphatic rings. The first-order valence-corrected chi connectivity index (χ1v) is 3.28. The first kappa shape index (κ1) is 7.04. The van der Waals surface area contributed by atoms with Gasteiger partial charge in [0, 0.05) is 6.07 Å². The molecule has 0 fully saturated rings. The third kappa shape index (κ3) is 0.996. The maximum absolute atomic E-state index is 10.9. The molecule has 0 aromatic carbocycles. The Morgan fingerprint density at radius 1 is 1.67 bits per heavy atom. The summed E-state index contributed by atoms with van der Waals surface area (Å²) >= 11 is 5.45. The summed E-state index contributed by atoms with van der Waals surface area (Å²) in [6.07, 6.45) is 0. The van der Waals surface area contributed by atoms with Gasteiger partial charge in [-0.25, -0.2) is 9.89 Å². The number of hydrogen-bond acceptors (Lipinski definition) is 5. The third-order valence-corrected chi connectivity index (χ3v) is 1.33. The highest BCUT2D eigenvalue weighted by atomic mass is 35.5. The fraction of sp³-hybridized carbons (Fsp3) is 0. The zero-order valence-corrected chi connectivity index (χ0v) is 6.32. The molecule has 2 rings (SSSR count). The van der Waals surface area contributed by atoms with Gasteiger partial charge in [0.25, 0.3) is 5.88 Å². The molecule has 0 atom stereocenters. The molecule has 0 radical (unpaired) electrons. The zero-order valence-electron chi connectivity index (χ0n) is 5.56. The fourth-order valence-electron chi connectivity index (χ4n) is 0.687. The van der Waals surface area contributed by atoms with Crippen LogP contribution in [0.3, 0.4) is 0 Å². The molecule has 7 nitrogen and oxygen atoms in total. The first-order valence-electron chi connectivity index (χ1n) is 2.90. The van der Waals surface area contributed by atoms with Crippen LogP contribution in [0.15, 0.2) is 15.4 Å². The molecule has 0 saturated carbocycles. The van der Waals surface area contributed by atoms with E-state index < -0.39 is 5.69 Å². The molecule has 0 amide bonds. The number of nitrogens with zero attached hydrogens (tertiary/aromatic N) is 4. The lowest BCUT2D eigenvalue weighted by atomic mass is 10.7. The molecule has 0 aliphatic carbocycles. The van der Waals surface area contributed by atoms with E-state index in [-0.39, 0.29) is 11.0 Å². The van der Waals surface area contributed by atoms with Gasteiger partial charge in [0.15, 0.2) is 5.15 Å². The molecule has 8 heteroatoms. The van der Waals surface area contributed by atoms with Crippen molar-refractivity contribution < 1.29 is 4.52 Å². The molecule has 0 spiro atoms. The Hall–Kier alpha value is -1.63. The molecule has 0 saturated heterocycles. The van der Waals surface area contributed by atoms with Crippen LogP contribution in [0, 0.1) is 0 Å². The van der Waals surface area contributed by atoms with Crippen LogP contribution >= 0.6 is 11.6 Å². The lowest BCUT2D eigenvalue weighted by Crippen LogP contribution is -2.15. The Kier molecular flexibility index (Phi) is 1.44. The molecule has 62 valence electrons. The number of aromatic nitrogens is 5. The predicted molar refractivity (Wildman–Crippen MR) is 37.1 cm³/mol. The van der Waals surface area contributed by atoms with Gasteiger partial charge in [-0.2, -0.15) is 0 Å². The van der Waals surface area contributed by atoms with Crippen molar-refractivity contribution in [1.29, 1.82) is 0 Å². The molecule has 2 aromatic heterocycles. The van der Waals surface area contributed by atoms with Gasteiger partial charge in [-0.3, -0.25) is 0 Å². The van der Waals surface area contributed by atoms with E-state index in [0.717, 1.165) is 4.68 Å². The van der Waals surface area contributed by atoms with Crippen molar-refractivity contribution in [1.82, 2.24) is 25.4 Å². The second kappa shape index (κ2) is 2.45. The van der Waals surface area contributed by atoms with Crippen molar-refractivity contribution >= 4 is 11.6 Å². The summed E-state index contributed by atoms with van der Waals surface area (Å²) in [7, 11) is 0. The predicted octanol–water partition coefficient (Wildman–Crippen LogP) is -0.403. The minimum absolute atomic E-state index is 0.124. The summed E-state index contributed by atoms with van der Waals surface area (Å²) in [6, 6.07) is 1.35. The molecule has 0 bridgehead atoms. The summed E-state index contributed by atoms with van der Waals surface area (Å²) in [5.41, 5.74) is -0.511. The third-order valence-electron chi connectivity index (χ3n) is 1.15. The second-order valence-corrected chi connectivity index (χ2v) is 2.29. The minimum atomic E-state index is -0.511. The summed E-state index contributed by atoms with van der Waals surface area (Å²) in [6.45, 7) is 0. The minimum Gasteiger partial charge on any atom is -0.335 e. The van der Waals surface area contributed by atoms with E-state index in [4.69, 9.17) is 11.6 Å². The Balaban J connectivity index is 2.58. The van der Waals surface area contributed by atoms with Gasteiger partial charge in [0.05, 0.1) is 0 Å². The van der Waals surface area contributed by atoms with Crippen molar-refractivity contribution in [3.63, 3.8) is 0 Å². The second-order valence-electron chi connectivity index (χ2n) is 1.91. The summed E-state index contributed by atoms with van der Waals surface area (Å²) in [5, 5.41) is 12.3. The highest BCUT2D eigenvalue weighted by Crippen LogP contribution is 2.09. The molecule has 2 heterocycles. The molecule has 0 aliphatic heterocycles. The van der Waals surface area contributed by atoms with Gasteiger partial charge in [-0.1, -0.05) is 16.8 Å². The van der Waals surface area contributed by atoms with E-state index in [2.05, 4.69) is 25.2 Å². The number of halogens is 1. The van der Waals surface area contributed by atoms with Crippen LogP contribution < -0.4 is 5.69 Å². The Morgan fingerprint density at radius 3 is 3.00 bits per heavy atom. The van der Waals surface area contributed by atoms with Crippen LogP contribution in [0.1, 0.15) is 0 Å². The zero-order chi connectivity index (χ0) is 8.55. The van der Waals surface area contributed by atoms with Crippen LogP contribution in [0.4, 0.5) is 0 Å².